The number of nitrogens with zero attached hydrogens (tertiary/aromatic N) is 2. The second kappa shape index (κ2) is 6.94. The Hall–Kier alpha value is -2.63. The van der Waals surface area contributed by atoms with Gasteiger partial charge in [0, 0.05) is 37.1 Å². The lowest BCUT2D eigenvalue weighted by Crippen LogP contribution is -2.35. The van der Waals surface area contributed by atoms with E-state index in [4.69, 9.17) is 0 Å². The molecule has 2 aromatic rings. The van der Waals surface area contributed by atoms with Gasteiger partial charge in [0.25, 0.3) is 0 Å². The van der Waals surface area contributed by atoms with Crippen molar-refractivity contribution >= 4 is 17.5 Å². The van der Waals surface area contributed by atoms with E-state index in [1.165, 1.54) is 6.07 Å². The number of carbonyl (C=O) groups excluding carboxylic acids is 2. The van der Waals surface area contributed by atoms with Crippen LogP contribution in [-0.4, -0.2) is 33.9 Å². The summed E-state index contributed by atoms with van der Waals surface area (Å²) in [4.78, 5) is 26.7. The number of carbonyl (C=O) groups is 2. The number of anilines is 1. The maximum Gasteiger partial charge on any atom is 0.229 e. The summed E-state index contributed by atoms with van der Waals surface area (Å²) >= 11 is 0. The second-order valence-electron chi connectivity index (χ2n) is 7.13. The minimum Gasteiger partial charge on any atom is -0.339 e. The summed E-state index contributed by atoms with van der Waals surface area (Å²) in [5.41, 5.74) is 0.912. The van der Waals surface area contributed by atoms with Gasteiger partial charge in [0.2, 0.25) is 11.8 Å². The van der Waals surface area contributed by atoms with Crippen molar-refractivity contribution in [2.45, 2.75) is 38.1 Å². The molecule has 136 valence electrons. The molecule has 4 rings (SSSR count). The normalized spacial score (nSPS) is 20.7. The topological polar surface area (TPSA) is 54.3 Å². The Balaban J connectivity index is 1.46. The molecule has 1 N–H and O–H groups in total. The Morgan fingerprint density at radius 1 is 1.15 bits per heavy atom. The van der Waals surface area contributed by atoms with Crippen molar-refractivity contribution in [3.63, 3.8) is 0 Å². The van der Waals surface area contributed by atoms with E-state index in [-0.39, 0.29) is 30.0 Å². The molecule has 1 aliphatic heterocycles. The predicted octanol–water partition coefficient (Wildman–Crippen LogP) is 3.35. The van der Waals surface area contributed by atoms with Gasteiger partial charge in [-0.05, 0) is 43.2 Å². The van der Waals surface area contributed by atoms with Crippen LogP contribution in [0.1, 0.15) is 32.1 Å². The number of rotatable bonds is 4. The van der Waals surface area contributed by atoms with Gasteiger partial charge >= 0.3 is 0 Å². The van der Waals surface area contributed by atoms with Gasteiger partial charge in [0.1, 0.15) is 5.82 Å². The lowest BCUT2D eigenvalue weighted by atomic mass is 10.1. The lowest BCUT2D eigenvalue weighted by Gasteiger charge is -2.23. The third kappa shape index (κ3) is 3.23. The van der Waals surface area contributed by atoms with Crippen LogP contribution < -0.4 is 5.32 Å². The Morgan fingerprint density at radius 2 is 1.88 bits per heavy atom. The molecule has 0 radical (unpaired) electrons. The largest absolute Gasteiger partial charge is 0.339 e. The predicted molar refractivity (Wildman–Crippen MR) is 96.4 cm³/mol. The van der Waals surface area contributed by atoms with Gasteiger partial charge < -0.3 is 14.8 Å². The molecular weight excluding hydrogens is 333 g/mol. The summed E-state index contributed by atoms with van der Waals surface area (Å²) in [6.07, 6.45) is 8.25. The van der Waals surface area contributed by atoms with E-state index in [9.17, 15) is 14.0 Å². The molecule has 1 saturated heterocycles. The molecule has 1 aromatic heterocycles. The van der Waals surface area contributed by atoms with Crippen LogP contribution in [0.5, 0.6) is 0 Å². The first-order chi connectivity index (χ1) is 12.6. The maximum atomic E-state index is 14.2. The average molecular weight is 355 g/mol. The van der Waals surface area contributed by atoms with Crippen molar-refractivity contribution in [1.82, 2.24) is 9.47 Å². The van der Waals surface area contributed by atoms with E-state index >= 15 is 0 Å². The first-order valence-electron chi connectivity index (χ1n) is 9.15. The number of aromatic nitrogens is 1. The molecule has 1 saturated carbocycles. The molecule has 2 amide bonds. The number of halogens is 1. The zero-order valence-corrected chi connectivity index (χ0v) is 14.5. The second-order valence-corrected chi connectivity index (χ2v) is 7.13. The number of hydrogen-bond donors (Lipinski definition) is 1. The third-order valence-corrected chi connectivity index (χ3v) is 5.41. The summed E-state index contributed by atoms with van der Waals surface area (Å²) in [5, 5.41) is 2.68. The van der Waals surface area contributed by atoms with E-state index in [0.29, 0.717) is 6.54 Å². The highest BCUT2D eigenvalue weighted by atomic mass is 19.1. The van der Waals surface area contributed by atoms with Crippen LogP contribution in [0.4, 0.5) is 10.1 Å². The molecule has 1 unspecified atom stereocenters. The van der Waals surface area contributed by atoms with Gasteiger partial charge in [-0.3, -0.25) is 9.59 Å². The van der Waals surface area contributed by atoms with E-state index in [1.807, 2.05) is 34.0 Å². The minimum atomic E-state index is -0.480. The van der Waals surface area contributed by atoms with Crippen molar-refractivity contribution < 1.29 is 14.0 Å². The van der Waals surface area contributed by atoms with Crippen molar-refractivity contribution in [3.05, 3.63) is 48.5 Å². The SMILES string of the molecule is O=C(Nc1cc(-n2cccc2)ccc1F)C1CC(=O)N(C2CCCC2)C1. The smallest absolute Gasteiger partial charge is 0.229 e. The molecule has 5 nitrogen and oxygen atoms in total. The molecule has 1 atom stereocenters. The summed E-state index contributed by atoms with van der Waals surface area (Å²) < 4.78 is 16.0. The molecule has 1 aromatic carbocycles. The maximum absolute atomic E-state index is 14.2. The van der Waals surface area contributed by atoms with Crippen LogP contribution in [0, 0.1) is 11.7 Å². The molecule has 2 aliphatic rings. The highest BCUT2D eigenvalue weighted by Crippen LogP contribution is 2.30. The Bertz CT molecular complexity index is 812. The van der Waals surface area contributed by atoms with Gasteiger partial charge in [0.15, 0.2) is 0 Å². The summed E-state index contributed by atoms with van der Waals surface area (Å²) in [5.74, 6) is -1.15. The van der Waals surface area contributed by atoms with Gasteiger partial charge in [-0.1, -0.05) is 12.8 Å². The molecule has 0 spiro atoms. The molecule has 6 heteroatoms. The lowest BCUT2D eigenvalue weighted by molar-refractivity contribution is -0.129. The Labute approximate surface area is 151 Å². The first kappa shape index (κ1) is 16.8. The van der Waals surface area contributed by atoms with Crippen LogP contribution in [0.2, 0.25) is 0 Å². The monoisotopic (exact) mass is 355 g/mol. The standard InChI is InChI=1S/C20H22FN3O2/c21-17-8-7-16(23-9-3-4-10-23)12-18(17)22-20(26)14-11-19(25)24(13-14)15-5-1-2-6-15/h3-4,7-10,12,14-15H,1-2,5-6,11,13H2,(H,22,26). The fraction of sp³-hybridized carbons (Fsp3) is 0.400. The van der Waals surface area contributed by atoms with Crippen LogP contribution in [0.25, 0.3) is 5.69 Å². The van der Waals surface area contributed by atoms with Crippen LogP contribution >= 0.6 is 0 Å². The fourth-order valence-corrected chi connectivity index (χ4v) is 3.99. The summed E-state index contributed by atoms with van der Waals surface area (Å²) in [7, 11) is 0. The highest BCUT2D eigenvalue weighted by molar-refractivity contribution is 5.97. The Kier molecular flexibility index (Phi) is 4.49. The highest BCUT2D eigenvalue weighted by Gasteiger charge is 2.38. The zero-order chi connectivity index (χ0) is 18.1. The number of amides is 2. The third-order valence-electron chi connectivity index (χ3n) is 5.41. The fourth-order valence-electron chi connectivity index (χ4n) is 3.99. The van der Waals surface area contributed by atoms with Gasteiger partial charge in [-0.2, -0.15) is 0 Å². The summed E-state index contributed by atoms with van der Waals surface area (Å²) in [6, 6.07) is 8.64. The Morgan fingerprint density at radius 3 is 2.62 bits per heavy atom. The number of likely N-dealkylation sites (tertiary alicyclic amines) is 1. The van der Waals surface area contributed by atoms with E-state index in [0.717, 1.165) is 31.4 Å². The van der Waals surface area contributed by atoms with Crippen molar-refractivity contribution in [3.8, 4) is 5.69 Å². The molecule has 1 aliphatic carbocycles. The van der Waals surface area contributed by atoms with Crippen LogP contribution in [0.15, 0.2) is 42.7 Å². The van der Waals surface area contributed by atoms with E-state index in [2.05, 4.69) is 5.32 Å². The van der Waals surface area contributed by atoms with Crippen molar-refractivity contribution in [1.29, 1.82) is 0 Å². The molecular formula is C20H22FN3O2. The number of nitrogens with one attached hydrogen (secondary N) is 1. The average Bonchev–Trinajstić information content (AvgIpc) is 3.37. The molecule has 2 heterocycles. The van der Waals surface area contributed by atoms with E-state index < -0.39 is 11.7 Å². The van der Waals surface area contributed by atoms with Crippen LogP contribution in [-0.2, 0) is 9.59 Å². The van der Waals surface area contributed by atoms with Crippen molar-refractivity contribution in [2.24, 2.45) is 5.92 Å². The zero-order valence-electron chi connectivity index (χ0n) is 14.5. The van der Waals surface area contributed by atoms with Gasteiger partial charge in [0.05, 0.1) is 11.6 Å². The van der Waals surface area contributed by atoms with Gasteiger partial charge in [-0.25, -0.2) is 4.39 Å². The number of hydrogen-bond acceptors (Lipinski definition) is 2. The molecule has 2 fully saturated rings. The quantitative estimate of drug-likeness (QED) is 0.914. The molecule has 26 heavy (non-hydrogen) atoms. The minimum absolute atomic E-state index is 0.0404. The molecule has 0 bridgehead atoms. The number of benzene rings is 1. The summed E-state index contributed by atoms with van der Waals surface area (Å²) in [6.45, 7) is 0.439. The first-order valence-corrected chi connectivity index (χ1v) is 9.15. The van der Waals surface area contributed by atoms with Gasteiger partial charge in [-0.15, -0.1) is 0 Å². The van der Waals surface area contributed by atoms with Crippen molar-refractivity contribution in [2.75, 3.05) is 11.9 Å². The van der Waals surface area contributed by atoms with Crippen LogP contribution in [0.3, 0.4) is 0 Å². The van der Waals surface area contributed by atoms with E-state index in [1.54, 1.807) is 12.1 Å².